The third-order valence-electron chi connectivity index (χ3n) is 5.06. The summed E-state index contributed by atoms with van der Waals surface area (Å²) in [6.45, 7) is 7.26. The van der Waals surface area contributed by atoms with Crippen LogP contribution in [0.2, 0.25) is 0 Å². The largest absolute Gasteiger partial charge is 0.367 e. The zero-order valence-electron chi connectivity index (χ0n) is 16.5. The van der Waals surface area contributed by atoms with E-state index in [0.29, 0.717) is 42.2 Å². The van der Waals surface area contributed by atoms with E-state index in [4.69, 9.17) is 5.26 Å². The normalized spacial score (nSPS) is 16.5. The summed E-state index contributed by atoms with van der Waals surface area (Å²) in [7, 11) is -3.48. The summed E-state index contributed by atoms with van der Waals surface area (Å²) in [6, 6.07) is 12.9. The second-order valence-electron chi connectivity index (χ2n) is 8.14. The molecule has 2 aromatic rings. The van der Waals surface area contributed by atoms with Gasteiger partial charge in [-0.05, 0) is 48.1 Å². The Hall–Kier alpha value is -2.43. The highest BCUT2D eigenvalue weighted by Crippen LogP contribution is 2.26. The summed E-state index contributed by atoms with van der Waals surface area (Å²) in [4.78, 5) is 4.57. The number of hydrogen-bond acceptors (Lipinski definition) is 5. The van der Waals surface area contributed by atoms with Gasteiger partial charge in [0.2, 0.25) is 10.0 Å². The molecule has 1 aliphatic heterocycles. The van der Waals surface area contributed by atoms with Gasteiger partial charge in [0, 0.05) is 25.3 Å². The second kappa shape index (κ2) is 7.90. The molecule has 1 aromatic heterocycles. The number of sulfonamides is 1. The van der Waals surface area contributed by atoms with Crippen molar-refractivity contribution in [2.45, 2.75) is 50.0 Å². The lowest BCUT2D eigenvalue weighted by Gasteiger charge is -2.32. The molecular formula is C21H26N4O2S. The number of anilines is 1. The first-order chi connectivity index (χ1) is 13.2. The molecule has 28 heavy (non-hydrogen) atoms. The maximum atomic E-state index is 12.9. The fraction of sp³-hybridized carbons (Fsp3) is 0.429. The zero-order valence-corrected chi connectivity index (χ0v) is 17.3. The van der Waals surface area contributed by atoms with Crippen molar-refractivity contribution in [3.8, 4) is 6.07 Å². The van der Waals surface area contributed by atoms with E-state index in [9.17, 15) is 8.42 Å². The van der Waals surface area contributed by atoms with Crippen LogP contribution in [0, 0.1) is 11.3 Å². The molecule has 0 amide bonds. The van der Waals surface area contributed by atoms with Crippen molar-refractivity contribution in [2.75, 3.05) is 18.4 Å². The number of nitrogens with zero attached hydrogens (tertiary/aromatic N) is 3. The predicted molar refractivity (Wildman–Crippen MR) is 109 cm³/mol. The number of piperidine rings is 1. The molecule has 0 radical (unpaired) electrons. The van der Waals surface area contributed by atoms with Gasteiger partial charge in [-0.2, -0.15) is 9.57 Å². The molecule has 6 nitrogen and oxygen atoms in total. The lowest BCUT2D eigenvalue weighted by atomic mass is 9.87. The van der Waals surface area contributed by atoms with Crippen LogP contribution in [0.5, 0.6) is 0 Å². The fourth-order valence-corrected chi connectivity index (χ4v) is 4.74. The molecule has 2 heterocycles. The van der Waals surface area contributed by atoms with Crippen LogP contribution in [0.4, 0.5) is 5.82 Å². The van der Waals surface area contributed by atoms with Crippen LogP contribution in [-0.4, -0.2) is 36.8 Å². The minimum absolute atomic E-state index is 0.00815. The van der Waals surface area contributed by atoms with E-state index in [0.717, 1.165) is 5.56 Å². The van der Waals surface area contributed by atoms with Crippen LogP contribution in [0.3, 0.4) is 0 Å². The Kier molecular flexibility index (Phi) is 5.73. The zero-order chi connectivity index (χ0) is 20.4. The van der Waals surface area contributed by atoms with Gasteiger partial charge < -0.3 is 5.32 Å². The average molecular weight is 399 g/mol. The monoisotopic (exact) mass is 398 g/mol. The molecule has 0 atom stereocenters. The van der Waals surface area contributed by atoms with Gasteiger partial charge in [-0.15, -0.1) is 0 Å². The molecule has 1 aliphatic rings. The van der Waals surface area contributed by atoms with E-state index in [-0.39, 0.29) is 11.5 Å². The lowest BCUT2D eigenvalue weighted by molar-refractivity contribution is 0.329. The standard InChI is InChI=1S/C21H26N4O2S/c1-21(2,3)17-5-7-19(8-6-17)28(26,27)25-12-10-18(11-13-25)24-20-9-4-16(14-22)15-23-20/h4-9,15,18H,10-13H2,1-3H3,(H,23,24). The van der Waals surface area contributed by atoms with Crippen molar-refractivity contribution in [2.24, 2.45) is 0 Å². The van der Waals surface area contributed by atoms with Crippen molar-refractivity contribution in [3.63, 3.8) is 0 Å². The predicted octanol–water partition coefficient (Wildman–Crippen LogP) is 3.52. The summed E-state index contributed by atoms with van der Waals surface area (Å²) in [5.41, 5.74) is 1.62. The van der Waals surface area contributed by atoms with Crippen LogP contribution >= 0.6 is 0 Å². The van der Waals surface area contributed by atoms with E-state index < -0.39 is 10.0 Å². The summed E-state index contributed by atoms with van der Waals surface area (Å²) in [6.07, 6.45) is 2.95. The molecule has 0 spiro atoms. The minimum atomic E-state index is -3.48. The molecule has 3 rings (SSSR count). The van der Waals surface area contributed by atoms with Crippen molar-refractivity contribution < 1.29 is 8.42 Å². The topological polar surface area (TPSA) is 86.1 Å². The van der Waals surface area contributed by atoms with E-state index in [1.807, 2.05) is 18.2 Å². The third-order valence-corrected chi connectivity index (χ3v) is 6.97. The highest BCUT2D eigenvalue weighted by atomic mass is 32.2. The van der Waals surface area contributed by atoms with Crippen molar-refractivity contribution >= 4 is 15.8 Å². The molecule has 0 saturated carbocycles. The smallest absolute Gasteiger partial charge is 0.243 e. The second-order valence-corrected chi connectivity index (χ2v) is 10.1. The Balaban J connectivity index is 1.62. The van der Waals surface area contributed by atoms with E-state index in [1.165, 1.54) is 6.20 Å². The molecule has 148 valence electrons. The first-order valence-electron chi connectivity index (χ1n) is 9.43. The highest BCUT2D eigenvalue weighted by Gasteiger charge is 2.29. The number of nitriles is 1. The Morgan fingerprint density at radius 1 is 1.11 bits per heavy atom. The first-order valence-corrected chi connectivity index (χ1v) is 10.9. The molecule has 0 bridgehead atoms. The van der Waals surface area contributed by atoms with E-state index in [2.05, 4.69) is 31.1 Å². The molecule has 1 saturated heterocycles. The lowest BCUT2D eigenvalue weighted by Crippen LogP contribution is -2.42. The molecule has 1 aromatic carbocycles. The number of hydrogen-bond donors (Lipinski definition) is 1. The van der Waals surface area contributed by atoms with Gasteiger partial charge in [-0.25, -0.2) is 13.4 Å². The third kappa shape index (κ3) is 4.51. The number of aromatic nitrogens is 1. The van der Waals surface area contributed by atoms with Gasteiger partial charge in [-0.3, -0.25) is 0 Å². The summed E-state index contributed by atoms with van der Waals surface area (Å²) in [5, 5.41) is 12.2. The maximum Gasteiger partial charge on any atom is 0.243 e. The Labute approximate surface area is 167 Å². The molecule has 0 unspecified atom stereocenters. The Morgan fingerprint density at radius 3 is 2.25 bits per heavy atom. The molecule has 1 fully saturated rings. The SMILES string of the molecule is CC(C)(C)c1ccc(S(=O)(=O)N2CCC(Nc3ccc(C#N)cn3)CC2)cc1. The van der Waals surface area contributed by atoms with Gasteiger partial charge >= 0.3 is 0 Å². The van der Waals surface area contributed by atoms with Gasteiger partial charge in [-0.1, -0.05) is 32.9 Å². The van der Waals surface area contributed by atoms with Crippen LogP contribution in [-0.2, 0) is 15.4 Å². The quantitative estimate of drug-likeness (QED) is 0.852. The minimum Gasteiger partial charge on any atom is -0.367 e. The number of rotatable bonds is 4. The summed E-state index contributed by atoms with van der Waals surface area (Å²) >= 11 is 0. The van der Waals surface area contributed by atoms with Crippen molar-refractivity contribution in [1.82, 2.24) is 9.29 Å². The Morgan fingerprint density at radius 2 is 1.75 bits per heavy atom. The molecule has 7 heteroatoms. The van der Waals surface area contributed by atoms with Crippen LogP contribution in [0.25, 0.3) is 0 Å². The molecule has 0 aliphatic carbocycles. The van der Waals surface area contributed by atoms with E-state index in [1.54, 1.807) is 28.6 Å². The first kappa shape index (κ1) is 20.3. The summed E-state index contributed by atoms with van der Waals surface area (Å²) < 4.78 is 27.5. The van der Waals surface area contributed by atoms with Crippen molar-refractivity contribution in [3.05, 3.63) is 53.7 Å². The van der Waals surface area contributed by atoms with Crippen LogP contribution in [0.15, 0.2) is 47.5 Å². The van der Waals surface area contributed by atoms with Gasteiger partial charge in [0.05, 0.1) is 10.5 Å². The number of benzene rings is 1. The average Bonchev–Trinajstić information content (AvgIpc) is 2.68. The number of nitrogens with one attached hydrogen (secondary N) is 1. The van der Waals surface area contributed by atoms with Crippen LogP contribution in [0.1, 0.15) is 44.7 Å². The van der Waals surface area contributed by atoms with Gasteiger partial charge in [0.15, 0.2) is 0 Å². The number of pyridine rings is 1. The van der Waals surface area contributed by atoms with Gasteiger partial charge in [0.1, 0.15) is 11.9 Å². The molecular weight excluding hydrogens is 372 g/mol. The van der Waals surface area contributed by atoms with Crippen molar-refractivity contribution in [1.29, 1.82) is 5.26 Å². The van der Waals surface area contributed by atoms with Gasteiger partial charge in [0.25, 0.3) is 0 Å². The maximum absolute atomic E-state index is 12.9. The van der Waals surface area contributed by atoms with Crippen LogP contribution < -0.4 is 5.32 Å². The Bertz CT molecular complexity index is 947. The highest BCUT2D eigenvalue weighted by molar-refractivity contribution is 7.89. The summed E-state index contributed by atoms with van der Waals surface area (Å²) in [5.74, 6) is 0.707. The fourth-order valence-electron chi connectivity index (χ4n) is 3.27. The molecule has 1 N–H and O–H groups in total. The van der Waals surface area contributed by atoms with E-state index >= 15 is 0 Å².